The van der Waals surface area contributed by atoms with Crippen LogP contribution in [0, 0.1) is 6.92 Å². The zero-order valence-electron chi connectivity index (χ0n) is 10.5. The fraction of sp³-hybridized carbons (Fsp3) is 0.462. The van der Waals surface area contributed by atoms with Crippen LogP contribution in [0.2, 0.25) is 0 Å². The summed E-state index contributed by atoms with van der Waals surface area (Å²) in [4.78, 5) is 1.67. The average molecular weight is 243 g/mol. The van der Waals surface area contributed by atoms with E-state index in [0.29, 0.717) is 6.54 Å². The second-order valence-electron chi connectivity index (χ2n) is 4.82. The van der Waals surface area contributed by atoms with Crippen molar-refractivity contribution < 1.29 is 0 Å². The van der Waals surface area contributed by atoms with Crippen LogP contribution in [0.5, 0.6) is 0 Å². The summed E-state index contributed by atoms with van der Waals surface area (Å²) in [6, 6.07) is 8.67. The Hall–Kier alpha value is -1.75. The monoisotopic (exact) mass is 243 g/mol. The lowest BCUT2D eigenvalue weighted by molar-refractivity contribution is 0.557. The molecular formula is C13H17N5. The molecule has 1 atom stereocenters. The summed E-state index contributed by atoms with van der Waals surface area (Å²) in [6.07, 6.45) is 2.30. The van der Waals surface area contributed by atoms with Crippen molar-refractivity contribution in [1.29, 1.82) is 0 Å². The highest BCUT2D eigenvalue weighted by Crippen LogP contribution is 2.18. The number of nitrogens with one attached hydrogen (secondary N) is 1. The highest BCUT2D eigenvalue weighted by Gasteiger charge is 2.20. The summed E-state index contributed by atoms with van der Waals surface area (Å²) in [5.41, 5.74) is 2.46. The molecule has 1 saturated heterocycles. The van der Waals surface area contributed by atoms with Gasteiger partial charge in [0.25, 0.3) is 0 Å². The third-order valence-electron chi connectivity index (χ3n) is 3.25. The van der Waals surface area contributed by atoms with E-state index < -0.39 is 0 Å². The van der Waals surface area contributed by atoms with Crippen molar-refractivity contribution in [3.63, 3.8) is 0 Å². The van der Waals surface area contributed by atoms with Gasteiger partial charge in [0, 0.05) is 0 Å². The molecule has 0 radical (unpaired) electrons. The van der Waals surface area contributed by atoms with Crippen LogP contribution in [0.1, 0.15) is 35.8 Å². The zero-order valence-corrected chi connectivity index (χ0v) is 10.5. The van der Waals surface area contributed by atoms with Gasteiger partial charge in [0.05, 0.1) is 12.6 Å². The molecule has 0 saturated carbocycles. The second-order valence-corrected chi connectivity index (χ2v) is 4.82. The minimum Gasteiger partial charge on any atom is -0.307 e. The maximum atomic E-state index is 4.45. The fourth-order valence-electron chi connectivity index (χ4n) is 2.34. The number of tetrazole rings is 1. The van der Waals surface area contributed by atoms with E-state index in [2.05, 4.69) is 51.9 Å². The van der Waals surface area contributed by atoms with Crippen LogP contribution in [0.25, 0.3) is 0 Å². The number of nitrogens with zero attached hydrogens (tertiary/aromatic N) is 4. The van der Waals surface area contributed by atoms with Gasteiger partial charge in [-0.05, 0) is 37.1 Å². The third-order valence-corrected chi connectivity index (χ3v) is 3.25. The summed E-state index contributed by atoms with van der Waals surface area (Å²) in [7, 11) is 0. The molecule has 1 aromatic carbocycles. The van der Waals surface area contributed by atoms with Crippen molar-refractivity contribution >= 4 is 0 Å². The summed E-state index contributed by atoms with van der Waals surface area (Å²) >= 11 is 0. The molecule has 1 N–H and O–H groups in total. The molecule has 5 heteroatoms. The first kappa shape index (κ1) is 11.3. The van der Waals surface area contributed by atoms with Crippen LogP contribution in [-0.2, 0) is 6.54 Å². The number of aryl methyl sites for hydroxylation is 1. The van der Waals surface area contributed by atoms with Crippen molar-refractivity contribution in [2.45, 2.75) is 32.4 Å². The van der Waals surface area contributed by atoms with Gasteiger partial charge in [0.2, 0.25) is 0 Å². The number of benzene rings is 1. The molecule has 3 rings (SSSR count). The summed E-state index contributed by atoms with van der Waals surface area (Å²) in [6.45, 7) is 3.82. The van der Waals surface area contributed by atoms with Gasteiger partial charge >= 0.3 is 0 Å². The Morgan fingerprint density at radius 1 is 1.44 bits per heavy atom. The summed E-state index contributed by atoms with van der Waals surface area (Å²) in [5.74, 6) is 0.820. The van der Waals surface area contributed by atoms with Crippen LogP contribution in [0.15, 0.2) is 24.3 Å². The Labute approximate surface area is 106 Å². The van der Waals surface area contributed by atoms with Crippen LogP contribution in [0.4, 0.5) is 0 Å². The van der Waals surface area contributed by atoms with E-state index >= 15 is 0 Å². The van der Waals surface area contributed by atoms with Crippen LogP contribution in [0.3, 0.4) is 0 Å². The molecule has 0 spiro atoms. The zero-order chi connectivity index (χ0) is 12.4. The minimum absolute atomic E-state index is 0.288. The first-order valence-electron chi connectivity index (χ1n) is 6.38. The smallest absolute Gasteiger partial charge is 0.191 e. The van der Waals surface area contributed by atoms with Crippen molar-refractivity contribution in [3.8, 4) is 0 Å². The van der Waals surface area contributed by atoms with Crippen LogP contribution in [-0.4, -0.2) is 26.8 Å². The Morgan fingerprint density at radius 3 is 3.17 bits per heavy atom. The van der Waals surface area contributed by atoms with Crippen LogP contribution < -0.4 is 5.32 Å². The summed E-state index contributed by atoms with van der Waals surface area (Å²) in [5, 5.41) is 16.1. The lowest BCUT2D eigenvalue weighted by Gasteiger charge is -2.03. The largest absolute Gasteiger partial charge is 0.307 e. The molecule has 5 nitrogen and oxygen atoms in total. The van der Waals surface area contributed by atoms with Gasteiger partial charge in [-0.1, -0.05) is 29.8 Å². The Bertz CT molecular complexity index is 528. The van der Waals surface area contributed by atoms with E-state index in [0.717, 1.165) is 18.8 Å². The number of hydrogen-bond acceptors (Lipinski definition) is 4. The topological polar surface area (TPSA) is 55.6 Å². The van der Waals surface area contributed by atoms with E-state index in [-0.39, 0.29) is 6.04 Å². The SMILES string of the molecule is Cc1cccc(Cn2nnc(C3CCCN3)n2)c1. The summed E-state index contributed by atoms with van der Waals surface area (Å²) < 4.78 is 0. The van der Waals surface area contributed by atoms with Gasteiger partial charge in [0.1, 0.15) is 0 Å². The first-order chi connectivity index (χ1) is 8.81. The first-order valence-corrected chi connectivity index (χ1v) is 6.38. The molecule has 0 bridgehead atoms. The number of rotatable bonds is 3. The Kier molecular flexibility index (Phi) is 3.06. The Balaban J connectivity index is 1.73. The maximum absolute atomic E-state index is 4.45. The molecule has 2 heterocycles. The van der Waals surface area contributed by atoms with Crippen molar-refractivity contribution in [1.82, 2.24) is 25.5 Å². The number of aromatic nitrogens is 4. The molecule has 1 fully saturated rings. The van der Waals surface area contributed by atoms with Crippen molar-refractivity contribution in [2.24, 2.45) is 0 Å². The van der Waals surface area contributed by atoms with Crippen molar-refractivity contribution in [3.05, 3.63) is 41.2 Å². The second kappa shape index (κ2) is 4.86. The standard InChI is InChI=1S/C13H17N5/c1-10-4-2-5-11(8-10)9-18-16-13(15-17-18)12-6-3-7-14-12/h2,4-5,8,12,14H,3,6-7,9H2,1H3. The average Bonchev–Trinajstić information content (AvgIpc) is 2.98. The molecule has 2 aromatic rings. The quantitative estimate of drug-likeness (QED) is 0.886. The van der Waals surface area contributed by atoms with Crippen molar-refractivity contribution in [2.75, 3.05) is 6.54 Å². The maximum Gasteiger partial charge on any atom is 0.191 e. The van der Waals surface area contributed by atoms with Crippen LogP contribution >= 0.6 is 0 Å². The lowest BCUT2D eigenvalue weighted by Crippen LogP contribution is -2.14. The molecule has 0 aliphatic carbocycles. The fourth-order valence-corrected chi connectivity index (χ4v) is 2.34. The van der Waals surface area contributed by atoms with Gasteiger partial charge in [-0.15, -0.1) is 10.2 Å². The molecule has 0 amide bonds. The van der Waals surface area contributed by atoms with Gasteiger partial charge in [-0.3, -0.25) is 0 Å². The normalized spacial score (nSPS) is 19.3. The molecule has 1 aliphatic heterocycles. The predicted molar refractivity (Wildman–Crippen MR) is 68.1 cm³/mol. The van der Waals surface area contributed by atoms with Gasteiger partial charge in [-0.2, -0.15) is 4.80 Å². The lowest BCUT2D eigenvalue weighted by atomic mass is 10.1. The third kappa shape index (κ3) is 2.41. The van der Waals surface area contributed by atoms with E-state index in [1.807, 2.05) is 0 Å². The molecular weight excluding hydrogens is 226 g/mol. The van der Waals surface area contributed by atoms with E-state index in [1.54, 1.807) is 4.80 Å². The predicted octanol–water partition coefficient (Wildman–Crippen LogP) is 1.45. The minimum atomic E-state index is 0.288. The van der Waals surface area contributed by atoms with Gasteiger partial charge in [0.15, 0.2) is 5.82 Å². The van der Waals surface area contributed by atoms with Gasteiger partial charge < -0.3 is 5.32 Å². The van der Waals surface area contributed by atoms with E-state index in [1.165, 1.54) is 17.5 Å². The molecule has 1 aliphatic rings. The molecule has 94 valence electrons. The number of hydrogen-bond donors (Lipinski definition) is 1. The highest BCUT2D eigenvalue weighted by molar-refractivity contribution is 5.22. The van der Waals surface area contributed by atoms with E-state index in [9.17, 15) is 0 Å². The molecule has 18 heavy (non-hydrogen) atoms. The molecule has 1 aromatic heterocycles. The molecule has 1 unspecified atom stereocenters. The highest BCUT2D eigenvalue weighted by atomic mass is 15.6. The Morgan fingerprint density at radius 2 is 2.39 bits per heavy atom. The van der Waals surface area contributed by atoms with E-state index in [4.69, 9.17) is 0 Å². The van der Waals surface area contributed by atoms with Gasteiger partial charge in [-0.25, -0.2) is 0 Å².